The average Bonchev–Trinajstić information content (AvgIpc) is 2.48. The zero-order valence-corrected chi connectivity index (χ0v) is 12.9. The van der Waals surface area contributed by atoms with Crippen molar-refractivity contribution in [3.05, 3.63) is 63.9 Å². The Balaban J connectivity index is 1.92. The van der Waals surface area contributed by atoms with Crippen molar-refractivity contribution in [3.8, 4) is 5.75 Å². The molecule has 0 radical (unpaired) electrons. The van der Waals surface area contributed by atoms with Crippen molar-refractivity contribution in [2.45, 2.75) is 6.61 Å². The van der Waals surface area contributed by atoms with Gasteiger partial charge in [-0.3, -0.25) is 4.98 Å². The van der Waals surface area contributed by atoms with E-state index in [1.54, 1.807) is 6.20 Å². The summed E-state index contributed by atoms with van der Waals surface area (Å²) in [5, 5.41) is 0.969. The highest BCUT2D eigenvalue weighted by Crippen LogP contribution is 2.25. The number of benzene rings is 2. The molecule has 3 aromatic rings. The lowest BCUT2D eigenvalue weighted by atomic mass is 10.1. The summed E-state index contributed by atoms with van der Waals surface area (Å²) in [6.45, 7) is 0.480. The number of nitrogen functional groups attached to an aromatic ring is 1. The van der Waals surface area contributed by atoms with Gasteiger partial charge in [0.2, 0.25) is 0 Å². The normalized spacial score (nSPS) is 10.7. The maximum absolute atomic E-state index is 5.97. The van der Waals surface area contributed by atoms with Crippen LogP contribution in [0.1, 0.15) is 5.56 Å². The molecule has 100 valence electrons. The lowest BCUT2D eigenvalue weighted by molar-refractivity contribution is 0.305. The molecule has 0 unspecified atom stereocenters. The first kappa shape index (κ1) is 13.2. The van der Waals surface area contributed by atoms with Gasteiger partial charge in [-0.2, -0.15) is 0 Å². The fourth-order valence-corrected chi connectivity index (χ4v) is 2.63. The molecule has 4 heteroatoms. The number of halogens is 1. The largest absolute Gasteiger partial charge is 0.488 e. The summed E-state index contributed by atoms with van der Waals surface area (Å²) in [7, 11) is 0. The number of nitrogens with two attached hydrogens (primary N) is 1. The van der Waals surface area contributed by atoms with E-state index in [2.05, 4.69) is 27.6 Å². The first-order valence-corrected chi connectivity index (χ1v) is 7.33. The van der Waals surface area contributed by atoms with Crippen molar-refractivity contribution < 1.29 is 4.74 Å². The molecular formula is C16H13IN2O. The summed E-state index contributed by atoms with van der Waals surface area (Å²) in [6, 6.07) is 15.7. The first-order chi connectivity index (χ1) is 9.75. The number of rotatable bonds is 3. The highest BCUT2D eigenvalue weighted by atomic mass is 127. The molecular weight excluding hydrogens is 363 g/mol. The average molecular weight is 376 g/mol. The monoisotopic (exact) mass is 376 g/mol. The van der Waals surface area contributed by atoms with Crippen molar-refractivity contribution in [3.63, 3.8) is 0 Å². The lowest BCUT2D eigenvalue weighted by Crippen LogP contribution is -2.00. The van der Waals surface area contributed by atoms with Crippen LogP contribution in [0, 0.1) is 3.57 Å². The minimum atomic E-state index is 0.480. The van der Waals surface area contributed by atoms with Gasteiger partial charge in [0, 0.05) is 22.8 Å². The summed E-state index contributed by atoms with van der Waals surface area (Å²) in [5.74, 6) is 0.883. The van der Waals surface area contributed by atoms with Crippen LogP contribution in [0.5, 0.6) is 5.75 Å². The molecule has 0 fully saturated rings. The summed E-state index contributed by atoms with van der Waals surface area (Å²) >= 11 is 2.27. The smallest absolute Gasteiger partial charge is 0.133 e. The van der Waals surface area contributed by atoms with Gasteiger partial charge in [0.1, 0.15) is 12.4 Å². The molecule has 1 heterocycles. The zero-order valence-electron chi connectivity index (χ0n) is 10.7. The topological polar surface area (TPSA) is 48.1 Å². The van der Waals surface area contributed by atoms with Crippen molar-refractivity contribution in [2.75, 3.05) is 5.73 Å². The van der Waals surface area contributed by atoms with E-state index in [4.69, 9.17) is 10.5 Å². The molecule has 0 saturated heterocycles. The van der Waals surface area contributed by atoms with Gasteiger partial charge < -0.3 is 10.5 Å². The summed E-state index contributed by atoms with van der Waals surface area (Å²) < 4.78 is 6.98. The van der Waals surface area contributed by atoms with E-state index in [0.29, 0.717) is 6.61 Å². The van der Waals surface area contributed by atoms with E-state index < -0.39 is 0 Å². The van der Waals surface area contributed by atoms with Gasteiger partial charge >= 0.3 is 0 Å². The molecule has 0 aliphatic carbocycles. The van der Waals surface area contributed by atoms with Gasteiger partial charge in [-0.05, 0) is 52.9 Å². The van der Waals surface area contributed by atoms with Crippen LogP contribution in [0.3, 0.4) is 0 Å². The Morgan fingerprint density at radius 2 is 1.90 bits per heavy atom. The molecule has 3 rings (SSSR count). The number of fused-ring (bicyclic) bond motifs is 1. The molecule has 0 amide bonds. The molecule has 0 aliphatic heterocycles. The van der Waals surface area contributed by atoms with Gasteiger partial charge in [0.05, 0.1) is 9.09 Å². The first-order valence-electron chi connectivity index (χ1n) is 6.25. The van der Waals surface area contributed by atoms with Crippen LogP contribution in [0.25, 0.3) is 10.9 Å². The Bertz CT molecular complexity index is 758. The van der Waals surface area contributed by atoms with Crippen molar-refractivity contribution in [2.24, 2.45) is 0 Å². The molecule has 0 atom stereocenters. The SMILES string of the molecule is Nc1ccc(COc2ccccc2I)c2ncccc12. The predicted molar refractivity (Wildman–Crippen MR) is 89.6 cm³/mol. The number of para-hydroxylation sites is 1. The third-order valence-electron chi connectivity index (χ3n) is 3.11. The van der Waals surface area contributed by atoms with E-state index >= 15 is 0 Å². The van der Waals surface area contributed by atoms with Crippen LogP contribution < -0.4 is 10.5 Å². The Labute approximate surface area is 130 Å². The second-order valence-corrected chi connectivity index (χ2v) is 5.59. The van der Waals surface area contributed by atoms with Gasteiger partial charge in [0.25, 0.3) is 0 Å². The van der Waals surface area contributed by atoms with Crippen LogP contribution in [0.2, 0.25) is 0 Å². The van der Waals surface area contributed by atoms with Crippen molar-refractivity contribution >= 4 is 39.2 Å². The second-order valence-electron chi connectivity index (χ2n) is 4.43. The molecule has 2 aromatic carbocycles. The molecule has 20 heavy (non-hydrogen) atoms. The maximum Gasteiger partial charge on any atom is 0.133 e. The number of hydrogen-bond donors (Lipinski definition) is 1. The van der Waals surface area contributed by atoms with Crippen LogP contribution in [0.4, 0.5) is 5.69 Å². The Hall–Kier alpha value is -1.82. The van der Waals surface area contributed by atoms with Crippen LogP contribution in [-0.2, 0) is 6.61 Å². The van der Waals surface area contributed by atoms with E-state index in [1.807, 2.05) is 48.5 Å². The molecule has 3 nitrogen and oxygen atoms in total. The molecule has 0 bridgehead atoms. The van der Waals surface area contributed by atoms with Crippen molar-refractivity contribution in [1.29, 1.82) is 0 Å². The predicted octanol–water partition coefficient (Wildman–Crippen LogP) is 4.00. The van der Waals surface area contributed by atoms with Gasteiger partial charge in [-0.1, -0.05) is 18.2 Å². The third kappa shape index (κ3) is 2.56. The fraction of sp³-hybridized carbons (Fsp3) is 0.0625. The fourth-order valence-electron chi connectivity index (χ4n) is 2.09. The molecule has 0 spiro atoms. The highest BCUT2D eigenvalue weighted by Gasteiger charge is 2.06. The quantitative estimate of drug-likeness (QED) is 0.555. The Morgan fingerprint density at radius 1 is 1.05 bits per heavy atom. The number of ether oxygens (including phenoxy) is 1. The van der Waals surface area contributed by atoms with Gasteiger partial charge in [0.15, 0.2) is 0 Å². The van der Waals surface area contributed by atoms with E-state index in [9.17, 15) is 0 Å². The van der Waals surface area contributed by atoms with E-state index in [1.165, 1.54) is 0 Å². The standard InChI is InChI=1S/C16H13IN2O/c17-13-5-1-2-6-15(13)20-10-11-7-8-14(18)12-4-3-9-19-16(11)12/h1-9H,10,18H2. The van der Waals surface area contributed by atoms with Gasteiger partial charge in [-0.25, -0.2) is 0 Å². The summed E-state index contributed by atoms with van der Waals surface area (Å²) in [5.41, 5.74) is 8.65. The minimum absolute atomic E-state index is 0.480. The molecule has 0 aliphatic rings. The summed E-state index contributed by atoms with van der Waals surface area (Å²) in [6.07, 6.45) is 1.78. The van der Waals surface area contributed by atoms with Crippen LogP contribution in [0.15, 0.2) is 54.7 Å². The minimum Gasteiger partial charge on any atom is -0.488 e. The van der Waals surface area contributed by atoms with Gasteiger partial charge in [-0.15, -0.1) is 0 Å². The Kier molecular flexibility index (Phi) is 3.73. The number of pyridine rings is 1. The second kappa shape index (κ2) is 5.66. The number of aromatic nitrogens is 1. The third-order valence-corrected chi connectivity index (χ3v) is 4.00. The molecule has 0 saturated carbocycles. The number of nitrogens with zero attached hydrogens (tertiary/aromatic N) is 1. The van der Waals surface area contributed by atoms with E-state index in [0.717, 1.165) is 31.5 Å². The Morgan fingerprint density at radius 3 is 2.75 bits per heavy atom. The maximum atomic E-state index is 5.97. The molecule has 1 aromatic heterocycles. The molecule has 2 N–H and O–H groups in total. The van der Waals surface area contributed by atoms with Crippen molar-refractivity contribution in [1.82, 2.24) is 4.98 Å². The number of hydrogen-bond acceptors (Lipinski definition) is 3. The highest BCUT2D eigenvalue weighted by molar-refractivity contribution is 14.1. The zero-order chi connectivity index (χ0) is 13.9. The van der Waals surface area contributed by atoms with Crippen LogP contribution >= 0.6 is 22.6 Å². The van der Waals surface area contributed by atoms with E-state index in [-0.39, 0.29) is 0 Å². The number of anilines is 1. The lowest BCUT2D eigenvalue weighted by Gasteiger charge is -2.10. The summed E-state index contributed by atoms with van der Waals surface area (Å²) in [4.78, 5) is 4.41. The van der Waals surface area contributed by atoms with Crippen LogP contribution in [-0.4, -0.2) is 4.98 Å².